The van der Waals surface area contributed by atoms with Crippen molar-refractivity contribution in [1.82, 2.24) is 9.78 Å². The molecule has 7 nitrogen and oxygen atoms in total. The van der Waals surface area contributed by atoms with Gasteiger partial charge in [0.15, 0.2) is 5.75 Å². The van der Waals surface area contributed by atoms with Crippen LogP contribution in [0.4, 0.5) is 5.69 Å². The smallest absolute Gasteiger partial charge is 0.226 e. The van der Waals surface area contributed by atoms with Crippen molar-refractivity contribution in [3.8, 4) is 5.75 Å². The van der Waals surface area contributed by atoms with Crippen LogP contribution in [0.2, 0.25) is 5.02 Å². The first kappa shape index (κ1) is 19.9. The molecule has 3 rings (SSSR count). The Hall–Kier alpha value is -2.90. The van der Waals surface area contributed by atoms with Gasteiger partial charge in [-0.25, -0.2) is 0 Å². The van der Waals surface area contributed by atoms with Crippen LogP contribution in [0.5, 0.6) is 5.75 Å². The van der Waals surface area contributed by atoms with Gasteiger partial charge in [0.1, 0.15) is 6.61 Å². The Morgan fingerprint density at radius 2 is 2.00 bits per heavy atom. The van der Waals surface area contributed by atoms with E-state index in [2.05, 4.69) is 10.4 Å². The molecule has 0 fully saturated rings. The van der Waals surface area contributed by atoms with E-state index in [1.807, 2.05) is 6.07 Å². The first-order chi connectivity index (χ1) is 13.6. The van der Waals surface area contributed by atoms with Crippen LogP contribution in [0.15, 0.2) is 53.5 Å². The average Bonchev–Trinajstić information content (AvgIpc) is 2.70. The molecule has 0 saturated heterocycles. The van der Waals surface area contributed by atoms with Gasteiger partial charge in [-0.2, -0.15) is 5.10 Å². The molecule has 0 aliphatic carbocycles. The van der Waals surface area contributed by atoms with Crippen molar-refractivity contribution in [2.75, 3.05) is 25.6 Å². The molecule has 0 aliphatic rings. The second-order valence-electron chi connectivity index (χ2n) is 6.01. The summed E-state index contributed by atoms with van der Waals surface area (Å²) < 4.78 is 12.2. The maximum Gasteiger partial charge on any atom is 0.226 e. The largest absolute Gasteiger partial charge is 0.487 e. The molecule has 0 aliphatic heterocycles. The normalized spacial score (nSPS) is 10.8. The number of carbonyl (C=O) groups is 1. The van der Waals surface area contributed by atoms with E-state index in [1.165, 1.54) is 6.20 Å². The van der Waals surface area contributed by atoms with Gasteiger partial charge in [-0.15, -0.1) is 0 Å². The van der Waals surface area contributed by atoms with Crippen LogP contribution in [0.25, 0.3) is 10.9 Å². The monoisotopic (exact) mass is 401 g/mol. The number of methoxy groups -OCH3 is 1. The predicted octanol–water partition coefficient (Wildman–Crippen LogP) is 3.10. The molecule has 0 atom stereocenters. The number of aromatic nitrogens is 2. The molecular formula is C20H20ClN3O4. The first-order valence-corrected chi connectivity index (χ1v) is 9.13. The Balaban J connectivity index is 1.70. The molecule has 146 valence electrons. The fraction of sp³-hybridized carbons (Fsp3) is 0.250. The number of amides is 1. The van der Waals surface area contributed by atoms with E-state index < -0.39 is 0 Å². The van der Waals surface area contributed by atoms with Crippen molar-refractivity contribution in [1.29, 1.82) is 0 Å². The summed E-state index contributed by atoms with van der Waals surface area (Å²) in [5.41, 5.74) is 1.04. The fourth-order valence-corrected chi connectivity index (χ4v) is 2.97. The van der Waals surface area contributed by atoms with E-state index in [0.29, 0.717) is 47.1 Å². The summed E-state index contributed by atoms with van der Waals surface area (Å²) in [5.74, 6) is 0.185. The zero-order valence-electron chi connectivity index (χ0n) is 15.4. The summed E-state index contributed by atoms with van der Waals surface area (Å²) in [4.78, 5) is 24.3. The number of anilines is 1. The lowest BCUT2D eigenvalue weighted by atomic mass is 10.2. The number of nitrogens with one attached hydrogen (secondary N) is 1. The Morgan fingerprint density at radius 3 is 2.82 bits per heavy atom. The second-order valence-corrected chi connectivity index (χ2v) is 6.41. The summed E-state index contributed by atoms with van der Waals surface area (Å²) in [7, 11) is 1.58. The lowest BCUT2D eigenvalue weighted by Crippen LogP contribution is -2.18. The van der Waals surface area contributed by atoms with Crippen molar-refractivity contribution in [2.24, 2.45) is 0 Å². The molecule has 1 aromatic heterocycles. The molecule has 8 heteroatoms. The van der Waals surface area contributed by atoms with Gasteiger partial charge in [-0.1, -0.05) is 29.8 Å². The molecule has 0 bridgehead atoms. The van der Waals surface area contributed by atoms with Crippen molar-refractivity contribution >= 4 is 34.1 Å². The standard InChI is InChI=1S/C20H20ClN3O4/c1-27-11-12-28-20-15(21)6-4-7-16(20)23-19(26)9-10-24-17-8-3-2-5-14(17)18(25)13-22-24/h2-8,13H,9-12H2,1H3,(H,23,26). The van der Waals surface area contributed by atoms with Crippen LogP contribution in [0, 0.1) is 0 Å². The van der Waals surface area contributed by atoms with E-state index in [4.69, 9.17) is 21.1 Å². The molecule has 1 N–H and O–H groups in total. The average molecular weight is 402 g/mol. The van der Waals surface area contributed by atoms with Crippen LogP contribution >= 0.6 is 11.6 Å². The van der Waals surface area contributed by atoms with Gasteiger partial charge in [0, 0.05) is 18.9 Å². The van der Waals surface area contributed by atoms with E-state index in [1.54, 1.807) is 48.2 Å². The van der Waals surface area contributed by atoms with Crippen molar-refractivity contribution in [2.45, 2.75) is 13.0 Å². The third kappa shape index (κ3) is 4.68. The number of halogens is 1. The van der Waals surface area contributed by atoms with Gasteiger partial charge in [0.05, 0.1) is 35.6 Å². The highest BCUT2D eigenvalue weighted by Crippen LogP contribution is 2.33. The zero-order chi connectivity index (χ0) is 19.9. The minimum atomic E-state index is -0.219. The number of carbonyl (C=O) groups excluding carboxylic acids is 1. The zero-order valence-corrected chi connectivity index (χ0v) is 16.1. The SMILES string of the molecule is COCCOc1c(Cl)cccc1NC(=O)CCn1ncc(=O)c2ccccc21. The van der Waals surface area contributed by atoms with Crippen molar-refractivity contribution in [3.05, 3.63) is 63.9 Å². The molecule has 0 unspecified atom stereocenters. The molecule has 3 aromatic rings. The summed E-state index contributed by atoms with van der Waals surface area (Å²) >= 11 is 6.18. The minimum absolute atomic E-state index is 0.145. The number of rotatable bonds is 8. The number of para-hydroxylation sites is 2. The number of ether oxygens (including phenoxy) is 2. The van der Waals surface area contributed by atoms with E-state index >= 15 is 0 Å². The molecule has 2 aromatic carbocycles. The topological polar surface area (TPSA) is 82.4 Å². The minimum Gasteiger partial charge on any atom is -0.487 e. The van der Waals surface area contributed by atoms with Gasteiger partial charge in [0.25, 0.3) is 0 Å². The first-order valence-electron chi connectivity index (χ1n) is 8.75. The van der Waals surface area contributed by atoms with E-state index in [9.17, 15) is 9.59 Å². The molecular weight excluding hydrogens is 382 g/mol. The predicted molar refractivity (Wildman–Crippen MR) is 108 cm³/mol. The van der Waals surface area contributed by atoms with Crippen LogP contribution in [0.1, 0.15) is 6.42 Å². The second kappa shape index (κ2) is 9.34. The van der Waals surface area contributed by atoms with Crippen LogP contribution in [-0.2, 0) is 16.1 Å². The van der Waals surface area contributed by atoms with Crippen molar-refractivity contribution < 1.29 is 14.3 Å². The number of benzene rings is 2. The number of nitrogens with zero attached hydrogens (tertiary/aromatic N) is 2. The maximum atomic E-state index is 12.4. The van der Waals surface area contributed by atoms with Crippen LogP contribution in [0.3, 0.4) is 0 Å². The quantitative estimate of drug-likeness (QED) is 0.586. The van der Waals surface area contributed by atoms with Gasteiger partial charge < -0.3 is 14.8 Å². The molecule has 0 radical (unpaired) electrons. The summed E-state index contributed by atoms with van der Waals surface area (Å²) in [6.07, 6.45) is 1.43. The summed E-state index contributed by atoms with van der Waals surface area (Å²) in [5, 5.41) is 7.92. The lowest BCUT2D eigenvalue weighted by Gasteiger charge is -2.14. The third-order valence-electron chi connectivity index (χ3n) is 4.09. The van der Waals surface area contributed by atoms with E-state index in [-0.39, 0.29) is 17.8 Å². The highest BCUT2D eigenvalue weighted by atomic mass is 35.5. The van der Waals surface area contributed by atoms with Crippen LogP contribution in [-0.4, -0.2) is 36.0 Å². The van der Waals surface area contributed by atoms with E-state index in [0.717, 1.165) is 0 Å². The van der Waals surface area contributed by atoms with Gasteiger partial charge in [0.2, 0.25) is 11.3 Å². The molecule has 1 amide bonds. The maximum absolute atomic E-state index is 12.4. The summed E-state index contributed by atoms with van der Waals surface area (Å²) in [6.45, 7) is 1.05. The Bertz CT molecular complexity index is 1040. The van der Waals surface area contributed by atoms with Gasteiger partial charge in [-0.05, 0) is 24.3 Å². The van der Waals surface area contributed by atoms with Crippen molar-refractivity contribution in [3.63, 3.8) is 0 Å². The summed E-state index contributed by atoms with van der Waals surface area (Å²) in [6, 6.07) is 12.3. The number of hydrogen-bond acceptors (Lipinski definition) is 5. The molecule has 0 spiro atoms. The molecule has 0 saturated carbocycles. The van der Waals surface area contributed by atoms with Gasteiger partial charge in [-0.3, -0.25) is 14.3 Å². The highest BCUT2D eigenvalue weighted by Gasteiger charge is 2.12. The fourth-order valence-electron chi connectivity index (χ4n) is 2.74. The van der Waals surface area contributed by atoms with Crippen LogP contribution < -0.4 is 15.5 Å². The Kier molecular flexibility index (Phi) is 6.62. The molecule has 28 heavy (non-hydrogen) atoms. The number of aryl methyl sites for hydroxylation is 1. The lowest BCUT2D eigenvalue weighted by molar-refractivity contribution is -0.116. The Morgan fingerprint density at radius 1 is 1.18 bits per heavy atom. The molecule has 1 heterocycles. The third-order valence-corrected chi connectivity index (χ3v) is 4.39. The number of hydrogen-bond donors (Lipinski definition) is 1. The van der Waals surface area contributed by atoms with Gasteiger partial charge >= 0.3 is 0 Å². The Labute approximate surface area is 166 Å². The highest BCUT2D eigenvalue weighted by molar-refractivity contribution is 6.32. The number of fused-ring (bicyclic) bond motifs is 1.